The van der Waals surface area contributed by atoms with Crippen LogP contribution in [0.4, 0.5) is 9.18 Å². The number of hydrogen-bond acceptors (Lipinski definition) is 3. The van der Waals surface area contributed by atoms with Gasteiger partial charge in [0.1, 0.15) is 11.9 Å². The number of carbonyl (C=O) groups excluding carboxylic acids is 1. The lowest BCUT2D eigenvalue weighted by Gasteiger charge is -2.21. The summed E-state index contributed by atoms with van der Waals surface area (Å²) in [7, 11) is 0. The molecule has 0 aromatic heterocycles. The van der Waals surface area contributed by atoms with Gasteiger partial charge in [-0.1, -0.05) is 12.1 Å². The van der Waals surface area contributed by atoms with Crippen LogP contribution < -0.4 is 5.32 Å². The molecular weight excluding hydrogens is 279 g/mol. The van der Waals surface area contributed by atoms with Crippen LogP contribution in [-0.4, -0.2) is 52.3 Å². The van der Waals surface area contributed by atoms with E-state index in [-0.39, 0.29) is 18.8 Å². The number of carboxylic acid groups (broad SMARTS) is 1. The standard InChI is InChI=1S/C14H17FN2O4/c15-10-3-1-9(2-4-10)5-6-16-14(21)17-8-11(18)7-12(17)13(19)20/h1-4,11-12,18H,5-8H2,(H,16,21)(H,19,20)/t11-,12-/m1/s1. The molecule has 0 spiro atoms. The fourth-order valence-electron chi connectivity index (χ4n) is 2.34. The monoisotopic (exact) mass is 296 g/mol. The summed E-state index contributed by atoms with van der Waals surface area (Å²) in [5, 5.41) is 21.1. The van der Waals surface area contributed by atoms with Gasteiger partial charge in [-0.05, 0) is 24.1 Å². The first-order valence-corrected chi connectivity index (χ1v) is 6.67. The van der Waals surface area contributed by atoms with Gasteiger partial charge in [0.25, 0.3) is 0 Å². The molecule has 0 saturated carbocycles. The number of aliphatic hydroxyl groups excluding tert-OH is 1. The van der Waals surface area contributed by atoms with Crippen molar-refractivity contribution in [2.24, 2.45) is 0 Å². The number of nitrogens with one attached hydrogen (secondary N) is 1. The molecule has 0 radical (unpaired) electrons. The molecule has 2 atom stereocenters. The minimum absolute atomic E-state index is 0.0132. The summed E-state index contributed by atoms with van der Waals surface area (Å²) < 4.78 is 12.7. The van der Waals surface area contributed by atoms with Gasteiger partial charge in [0.2, 0.25) is 0 Å². The summed E-state index contributed by atoms with van der Waals surface area (Å²) >= 11 is 0. The normalized spacial score (nSPS) is 21.3. The Morgan fingerprint density at radius 2 is 2.00 bits per heavy atom. The summed E-state index contributed by atoms with van der Waals surface area (Å²) in [6.07, 6.45) is -0.255. The van der Waals surface area contributed by atoms with Crippen LogP contribution in [0.2, 0.25) is 0 Å². The molecule has 0 bridgehead atoms. The molecule has 1 heterocycles. The Kier molecular flexibility index (Phi) is 4.74. The van der Waals surface area contributed by atoms with E-state index in [9.17, 15) is 19.1 Å². The van der Waals surface area contributed by atoms with E-state index in [0.29, 0.717) is 13.0 Å². The van der Waals surface area contributed by atoms with E-state index in [1.807, 2.05) is 0 Å². The number of benzene rings is 1. The third-order valence-electron chi connectivity index (χ3n) is 3.43. The van der Waals surface area contributed by atoms with Gasteiger partial charge in [0, 0.05) is 19.5 Å². The summed E-state index contributed by atoms with van der Waals surface area (Å²) in [6, 6.07) is 4.43. The number of β-amino-alcohol motifs (C(OH)–C–C–N with tert-alkyl or cyclic N) is 1. The zero-order chi connectivity index (χ0) is 15.4. The quantitative estimate of drug-likeness (QED) is 0.759. The molecule has 1 saturated heterocycles. The van der Waals surface area contributed by atoms with Crippen molar-refractivity contribution in [3.05, 3.63) is 35.6 Å². The molecule has 3 N–H and O–H groups in total. The average molecular weight is 296 g/mol. The highest BCUT2D eigenvalue weighted by atomic mass is 19.1. The van der Waals surface area contributed by atoms with Crippen LogP contribution in [0.5, 0.6) is 0 Å². The summed E-state index contributed by atoms with van der Waals surface area (Å²) in [4.78, 5) is 24.1. The van der Waals surface area contributed by atoms with E-state index in [2.05, 4.69) is 5.32 Å². The highest BCUT2D eigenvalue weighted by molar-refractivity contribution is 5.83. The average Bonchev–Trinajstić information content (AvgIpc) is 2.83. The van der Waals surface area contributed by atoms with E-state index in [0.717, 1.165) is 10.5 Å². The topological polar surface area (TPSA) is 89.9 Å². The van der Waals surface area contributed by atoms with Gasteiger partial charge in [-0.25, -0.2) is 14.0 Å². The van der Waals surface area contributed by atoms with Gasteiger partial charge in [-0.15, -0.1) is 0 Å². The number of carbonyl (C=O) groups is 2. The largest absolute Gasteiger partial charge is 0.480 e. The minimum atomic E-state index is -1.12. The Balaban J connectivity index is 1.84. The number of halogens is 1. The van der Waals surface area contributed by atoms with Crippen LogP contribution in [0.3, 0.4) is 0 Å². The third-order valence-corrected chi connectivity index (χ3v) is 3.43. The van der Waals surface area contributed by atoms with Crippen LogP contribution in [-0.2, 0) is 11.2 Å². The molecule has 1 aromatic rings. The van der Waals surface area contributed by atoms with Crippen molar-refractivity contribution in [1.29, 1.82) is 0 Å². The molecule has 2 amide bonds. The van der Waals surface area contributed by atoms with Crippen molar-refractivity contribution in [3.8, 4) is 0 Å². The first-order chi connectivity index (χ1) is 9.97. The number of urea groups is 1. The first-order valence-electron chi connectivity index (χ1n) is 6.67. The third kappa shape index (κ3) is 3.91. The van der Waals surface area contributed by atoms with Crippen LogP contribution in [0.25, 0.3) is 0 Å². The van der Waals surface area contributed by atoms with E-state index in [4.69, 9.17) is 5.11 Å². The number of aliphatic carboxylic acids is 1. The lowest BCUT2D eigenvalue weighted by atomic mass is 10.1. The molecule has 114 valence electrons. The number of likely N-dealkylation sites (tertiary alicyclic amines) is 1. The number of aliphatic hydroxyl groups is 1. The number of hydrogen-bond donors (Lipinski definition) is 3. The van der Waals surface area contributed by atoms with E-state index < -0.39 is 24.1 Å². The second-order valence-electron chi connectivity index (χ2n) is 5.00. The molecule has 0 aliphatic carbocycles. The molecular formula is C14H17FN2O4. The van der Waals surface area contributed by atoms with Crippen molar-refractivity contribution < 1.29 is 24.2 Å². The summed E-state index contributed by atoms with van der Waals surface area (Å²) in [5.74, 6) is -1.45. The van der Waals surface area contributed by atoms with E-state index in [1.54, 1.807) is 12.1 Å². The highest BCUT2D eigenvalue weighted by Crippen LogP contribution is 2.18. The zero-order valence-corrected chi connectivity index (χ0v) is 11.3. The van der Waals surface area contributed by atoms with Gasteiger partial charge in [0.05, 0.1) is 6.10 Å². The maximum Gasteiger partial charge on any atom is 0.326 e. The molecule has 21 heavy (non-hydrogen) atoms. The zero-order valence-electron chi connectivity index (χ0n) is 11.3. The molecule has 1 fully saturated rings. The Bertz CT molecular complexity index is 520. The van der Waals surface area contributed by atoms with Crippen molar-refractivity contribution in [2.75, 3.05) is 13.1 Å². The van der Waals surface area contributed by atoms with Gasteiger partial charge in [0.15, 0.2) is 0 Å². The minimum Gasteiger partial charge on any atom is -0.480 e. The Morgan fingerprint density at radius 1 is 1.33 bits per heavy atom. The summed E-state index contributed by atoms with van der Waals surface area (Å²) in [6.45, 7) is 0.322. The maximum absolute atomic E-state index is 12.7. The number of nitrogens with zero attached hydrogens (tertiary/aromatic N) is 1. The van der Waals surface area contributed by atoms with Crippen LogP contribution in [0.15, 0.2) is 24.3 Å². The van der Waals surface area contributed by atoms with Crippen molar-refractivity contribution in [1.82, 2.24) is 10.2 Å². The number of rotatable bonds is 4. The second kappa shape index (κ2) is 6.53. The molecule has 1 aliphatic rings. The van der Waals surface area contributed by atoms with Gasteiger partial charge in [-0.3, -0.25) is 0 Å². The Labute approximate surface area is 121 Å². The smallest absolute Gasteiger partial charge is 0.326 e. The SMILES string of the molecule is O=C(O)[C@H]1C[C@@H](O)CN1C(=O)NCCc1ccc(F)cc1. The predicted molar refractivity (Wildman–Crippen MR) is 72.3 cm³/mol. The lowest BCUT2D eigenvalue weighted by molar-refractivity contribution is -0.141. The van der Waals surface area contributed by atoms with Crippen molar-refractivity contribution in [2.45, 2.75) is 25.0 Å². The van der Waals surface area contributed by atoms with Gasteiger partial charge >= 0.3 is 12.0 Å². The molecule has 6 nitrogen and oxygen atoms in total. The fourth-order valence-corrected chi connectivity index (χ4v) is 2.34. The van der Waals surface area contributed by atoms with Crippen LogP contribution in [0, 0.1) is 5.82 Å². The van der Waals surface area contributed by atoms with Crippen LogP contribution in [0.1, 0.15) is 12.0 Å². The van der Waals surface area contributed by atoms with Crippen molar-refractivity contribution in [3.63, 3.8) is 0 Å². The summed E-state index contributed by atoms with van der Waals surface area (Å²) in [5.41, 5.74) is 0.868. The molecule has 1 aliphatic heterocycles. The second-order valence-corrected chi connectivity index (χ2v) is 5.00. The van der Waals surface area contributed by atoms with Gasteiger partial charge in [-0.2, -0.15) is 0 Å². The maximum atomic E-state index is 12.7. The lowest BCUT2D eigenvalue weighted by Crippen LogP contribution is -2.46. The fraction of sp³-hybridized carbons (Fsp3) is 0.429. The van der Waals surface area contributed by atoms with E-state index >= 15 is 0 Å². The Hall–Kier alpha value is -2.15. The van der Waals surface area contributed by atoms with Crippen LogP contribution >= 0.6 is 0 Å². The number of carboxylic acids is 1. The first kappa shape index (κ1) is 15.2. The number of amides is 2. The molecule has 2 rings (SSSR count). The molecule has 0 unspecified atom stereocenters. The molecule has 1 aromatic carbocycles. The molecule has 7 heteroatoms. The predicted octanol–water partition coefficient (Wildman–Crippen LogP) is 0.598. The highest BCUT2D eigenvalue weighted by Gasteiger charge is 2.38. The van der Waals surface area contributed by atoms with E-state index in [1.165, 1.54) is 12.1 Å². The van der Waals surface area contributed by atoms with Crippen molar-refractivity contribution >= 4 is 12.0 Å². The Morgan fingerprint density at radius 3 is 2.62 bits per heavy atom. The van der Waals surface area contributed by atoms with Gasteiger partial charge < -0.3 is 20.4 Å².